The maximum absolute atomic E-state index is 11.7. The Morgan fingerprint density at radius 1 is 1.23 bits per heavy atom. The van der Waals surface area contributed by atoms with E-state index in [-0.39, 0.29) is 6.67 Å². The van der Waals surface area contributed by atoms with Crippen LogP contribution in [0.3, 0.4) is 0 Å². The van der Waals surface area contributed by atoms with E-state index >= 15 is 0 Å². The van der Waals surface area contributed by atoms with Crippen molar-refractivity contribution in [3.05, 3.63) is 11.4 Å². The first-order valence-electron chi connectivity index (χ1n) is 4.22. The summed E-state index contributed by atoms with van der Waals surface area (Å²) in [5.74, 6) is 0.469. The standard InChI is InChI=1S/C8H13FN4/c1-6-7(2)12-13-8(11-6)10-5-3-4-9/h3-5H2,1-2H3,(H,10,11,13). The molecule has 0 saturated heterocycles. The van der Waals surface area contributed by atoms with Crippen LogP contribution >= 0.6 is 0 Å². The Labute approximate surface area is 76.6 Å². The number of hydrogen-bond acceptors (Lipinski definition) is 4. The van der Waals surface area contributed by atoms with Crippen LogP contribution in [0.4, 0.5) is 10.3 Å². The van der Waals surface area contributed by atoms with E-state index in [1.807, 2.05) is 13.8 Å². The van der Waals surface area contributed by atoms with Crippen molar-refractivity contribution >= 4 is 5.95 Å². The quantitative estimate of drug-likeness (QED) is 0.716. The van der Waals surface area contributed by atoms with Crippen LogP contribution in [0.15, 0.2) is 0 Å². The highest BCUT2D eigenvalue weighted by molar-refractivity contribution is 5.24. The first-order valence-corrected chi connectivity index (χ1v) is 4.22. The Hall–Kier alpha value is -1.26. The summed E-state index contributed by atoms with van der Waals surface area (Å²) in [6.45, 7) is 3.93. The van der Waals surface area contributed by atoms with Crippen molar-refractivity contribution in [3.8, 4) is 0 Å². The molecule has 5 heteroatoms. The average molecular weight is 184 g/mol. The van der Waals surface area contributed by atoms with Gasteiger partial charge in [0.15, 0.2) is 0 Å². The SMILES string of the molecule is Cc1nnc(NCCCF)nc1C. The number of alkyl halides is 1. The summed E-state index contributed by atoms with van der Waals surface area (Å²) in [4.78, 5) is 4.14. The van der Waals surface area contributed by atoms with Gasteiger partial charge in [0.1, 0.15) is 0 Å². The first-order chi connectivity index (χ1) is 6.24. The van der Waals surface area contributed by atoms with E-state index in [9.17, 15) is 4.39 Å². The minimum absolute atomic E-state index is 0.328. The monoisotopic (exact) mass is 184 g/mol. The second kappa shape index (κ2) is 4.69. The second-order valence-corrected chi connectivity index (χ2v) is 2.78. The molecule has 1 N–H and O–H groups in total. The van der Waals surface area contributed by atoms with Crippen LogP contribution in [0, 0.1) is 13.8 Å². The normalized spacial score (nSPS) is 10.1. The van der Waals surface area contributed by atoms with Crippen LogP contribution in [-0.2, 0) is 0 Å². The highest BCUT2D eigenvalue weighted by Crippen LogP contribution is 2.01. The lowest BCUT2D eigenvalue weighted by Crippen LogP contribution is -2.08. The highest BCUT2D eigenvalue weighted by atomic mass is 19.1. The molecule has 0 aromatic carbocycles. The number of hydrogen-bond donors (Lipinski definition) is 1. The molecule has 1 heterocycles. The van der Waals surface area contributed by atoms with Gasteiger partial charge in [0.2, 0.25) is 5.95 Å². The molecule has 1 aromatic rings. The van der Waals surface area contributed by atoms with E-state index in [1.54, 1.807) is 0 Å². The third-order valence-corrected chi connectivity index (χ3v) is 1.69. The van der Waals surface area contributed by atoms with Crippen molar-refractivity contribution in [2.24, 2.45) is 0 Å². The van der Waals surface area contributed by atoms with Gasteiger partial charge in [0.25, 0.3) is 0 Å². The van der Waals surface area contributed by atoms with Crippen LogP contribution in [0.5, 0.6) is 0 Å². The Bertz CT molecular complexity index is 277. The number of halogens is 1. The number of aryl methyl sites for hydroxylation is 2. The summed E-state index contributed by atoms with van der Waals surface area (Å²) < 4.78 is 11.7. The van der Waals surface area contributed by atoms with Gasteiger partial charge in [-0.15, -0.1) is 5.10 Å². The fourth-order valence-electron chi connectivity index (χ4n) is 0.799. The zero-order valence-corrected chi connectivity index (χ0v) is 7.84. The van der Waals surface area contributed by atoms with Crippen molar-refractivity contribution in [3.63, 3.8) is 0 Å². The van der Waals surface area contributed by atoms with Crippen molar-refractivity contribution in [2.45, 2.75) is 20.3 Å². The van der Waals surface area contributed by atoms with E-state index < -0.39 is 0 Å². The molecule has 4 nitrogen and oxygen atoms in total. The second-order valence-electron chi connectivity index (χ2n) is 2.78. The van der Waals surface area contributed by atoms with Gasteiger partial charge in [-0.25, -0.2) is 4.98 Å². The summed E-state index contributed by atoms with van der Waals surface area (Å²) in [5, 5.41) is 10.6. The van der Waals surface area contributed by atoms with Crippen LogP contribution in [-0.4, -0.2) is 28.4 Å². The predicted octanol–water partition coefficient (Wildman–Crippen LogP) is 1.26. The smallest absolute Gasteiger partial charge is 0.242 e. The van der Waals surface area contributed by atoms with Crippen LogP contribution in [0.1, 0.15) is 17.8 Å². The lowest BCUT2D eigenvalue weighted by molar-refractivity contribution is 0.480. The van der Waals surface area contributed by atoms with E-state index in [4.69, 9.17) is 0 Å². The van der Waals surface area contributed by atoms with Crippen LogP contribution in [0.25, 0.3) is 0 Å². The van der Waals surface area contributed by atoms with E-state index in [1.165, 1.54) is 0 Å². The lowest BCUT2D eigenvalue weighted by atomic mass is 10.4. The predicted molar refractivity (Wildman–Crippen MR) is 48.4 cm³/mol. The molecule has 0 radical (unpaired) electrons. The molecule has 0 aliphatic rings. The Morgan fingerprint density at radius 3 is 2.62 bits per heavy atom. The Balaban J connectivity index is 2.53. The lowest BCUT2D eigenvalue weighted by Gasteiger charge is -2.03. The molecule has 1 aromatic heterocycles. The number of aromatic nitrogens is 3. The molecule has 0 fully saturated rings. The van der Waals surface area contributed by atoms with Gasteiger partial charge in [-0.05, 0) is 20.3 Å². The van der Waals surface area contributed by atoms with Crippen molar-refractivity contribution in [1.82, 2.24) is 15.2 Å². The molecule has 1 rings (SSSR count). The summed E-state index contributed by atoms with van der Waals surface area (Å²) in [6, 6.07) is 0. The Kier molecular flexibility index (Phi) is 3.54. The Morgan fingerprint density at radius 2 is 2.00 bits per heavy atom. The fourth-order valence-corrected chi connectivity index (χ4v) is 0.799. The zero-order chi connectivity index (χ0) is 9.68. The highest BCUT2D eigenvalue weighted by Gasteiger charge is 1.99. The minimum atomic E-state index is -0.328. The van der Waals surface area contributed by atoms with E-state index in [0.717, 1.165) is 11.4 Å². The molecule has 0 atom stereocenters. The molecule has 0 bridgehead atoms. The van der Waals surface area contributed by atoms with Crippen molar-refractivity contribution in [1.29, 1.82) is 0 Å². The maximum Gasteiger partial charge on any atom is 0.242 e. The summed E-state index contributed by atoms with van der Waals surface area (Å²) in [5.41, 5.74) is 1.66. The number of nitrogens with zero attached hydrogens (tertiary/aromatic N) is 3. The maximum atomic E-state index is 11.7. The molecule has 0 aliphatic carbocycles. The van der Waals surface area contributed by atoms with Gasteiger partial charge in [-0.2, -0.15) is 5.10 Å². The molecule has 13 heavy (non-hydrogen) atoms. The van der Waals surface area contributed by atoms with Gasteiger partial charge in [0.05, 0.1) is 18.1 Å². The van der Waals surface area contributed by atoms with Crippen LogP contribution in [0.2, 0.25) is 0 Å². The molecule has 0 spiro atoms. The topological polar surface area (TPSA) is 50.7 Å². The van der Waals surface area contributed by atoms with Crippen molar-refractivity contribution < 1.29 is 4.39 Å². The van der Waals surface area contributed by atoms with Gasteiger partial charge in [-0.1, -0.05) is 0 Å². The molecule has 0 unspecified atom stereocenters. The molecule has 0 saturated carbocycles. The summed E-state index contributed by atoms with van der Waals surface area (Å²) in [6.07, 6.45) is 0.469. The van der Waals surface area contributed by atoms with Gasteiger partial charge < -0.3 is 5.32 Å². The average Bonchev–Trinajstić information content (AvgIpc) is 2.12. The summed E-state index contributed by atoms with van der Waals surface area (Å²) >= 11 is 0. The van der Waals surface area contributed by atoms with E-state index in [2.05, 4.69) is 20.5 Å². The number of anilines is 1. The number of nitrogens with one attached hydrogen (secondary N) is 1. The first kappa shape index (κ1) is 9.83. The van der Waals surface area contributed by atoms with Gasteiger partial charge in [0, 0.05) is 6.54 Å². The molecule has 0 aliphatic heterocycles. The molecule has 72 valence electrons. The number of rotatable bonds is 4. The van der Waals surface area contributed by atoms with Gasteiger partial charge >= 0.3 is 0 Å². The fraction of sp³-hybridized carbons (Fsp3) is 0.625. The van der Waals surface area contributed by atoms with Crippen LogP contribution < -0.4 is 5.32 Å². The minimum Gasteiger partial charge on any atom is -0.353 e. The van der Waals surface area contributed by atoms with Crippen molar-refractivity contribution in [2.75, 3.05) is 18.5 Å². The third-order valence-electron chi connectivity index (χ3n) is 1.69. The zero-order valence-electron chi connectivity index (χ0n) is 7.84. The summed E-state index contributed by atoms with van der Waals surface area (Å²) in [7, 11) is 0. The molecular weight excluding hydrogens is 171 g/mol. The third kappa shape index (κ3) is 2.93. The molecule has 0 amide bonds. The molecular formula is C8H13FN4. The van der Waals surface area contributed by atoms with E-state index in [0.29, 0.717) is 18.9 Å². The largest absolute Gasteiger partial charge is 0.353 e. The van der Waals surface area contributed by atoms with Gasteiger partial charge in [-0.3, -0.25) is 4.39 Å².